The molecule has 3 fully saturated rings. The van der Waals surface area contributed by atoms with Gasteiger partial charge >= 0.3 is 0 Å². The number of hydrogen-bond acceptors (Lipinski definition) is 4. The van der Waals surface area contributed by atoms with E-state index in [0.717, 1.165) is 18.8 Å². The molecule has 1 N–H and O–H groups in total. The zero-order valence-corrected chi connectivity index (χ0v) is 14.8. The molecule has 0 spiro atoms. The van der Waals surface area contributed by atoms with Crippen molar-refractivity contribution in [2.24, 2.45) is 17.8 Å². The summed E-state index contributed by atoms with van der Waals surface area (Å²) in [5, 5.41) is 2.85. The molecule has 0 aromatic rings. The Morgan fingerprint density at radius 2 is 1.87 bits per heavy atom. The van der Waals surface area contributed by atoms with Gasteiger partial charge in [-0.25, -0.2) is 8.42 Å². The monoisotopic (exact) mass is 344 g/mol. The lowest BCUT2D eigenvalue weighted by Gasteiger charge is -2.34. The molecule has 23 heavy (non-hydrogen) atoms. The molecule has 0 aromatic carbocycles. The predicted molar refractivity (Wildman–Crippen MR) is 87.3 cm³/mol. The summed E-state index contributed by atoms with van der Waals surface area (Å²) in [5.41, 5.74) is 0. The first-order chi connectivity index (χ1) is 10.8. The van der Waals surface area contributed by atoms with Crippen LogP contribution in [-0.4, -0.2) is 56.2 Å². The molecule has 0 radical (unpaired) electrons. The quantitative estimate of drug-likeness (QED) is 0.807. The molecule has 2 aliphatic carbocycles. The lowest BCUT2D eigenvalue weighted by molar-refractivity contribution is -0.126. The standard InChI is InChI=1S/C16H28N2O4S/c1-11-9-18(10-12(2)22-11)23(20,21)6-5-17-16(19)15-8-13-3-4-14(15)7-13/h11-15H,3-10H2,1-2H3,(H,17,19)/t11-,12+,13-,14-,15+/m0/s1. The van der Waals surface area contributed by atoms with E-state index in [1.807, 2.05) is 13.8 Å². The fraction of sp³-hybridized carbons (Fsp3) is 0.938. The summed E-state index contributed by atoms with van der Waals surface area (Å²) in [6, 6.07) is 0. The molecule has 6 nitrogen and oxygen atoms in total. The Morgan fingerprint density at radius 1 is 1.17 bits per heavy atom. The van der Waals surface area contributed by atoms with Crippen molar-refractivity contribution < 1.29 is 17.9 Å². The van der Waals surface area contributed by atoms with Crippen LogP contribution in [0.2, 0.25) is 0 Å². The summed E-state index contributed by atoms with van der Waals surface area (Å²) in [6.45, 7) is 4.76. The average molecular weight is 344 g/mol. The van der Waals surface area contributed by atoms with Crippen molar-refractivity contribution in [2.45, 2.75) is 51.7 Å². The number of rotatable bonds is 5. The maximum atomic E-state index is 12.4. The Bertz CT molecular complexity index is 540. The number of fused-ring (bicyclic) bond motifs is 2. The lowest BCUT2D eigenvalue weighted by atomic mass is 9.88. The topological polar surface area (TPSA) is 75.7 Å². The van der Waals surface area contributed by atoms with Gasteiger partial charge in [0.25, 0.3) is 0 Å². The van der Waals surface area contributed by atoms with Crippen LogP contribution >= 0.6 is 0 Å². The highest BCUT2D eigenvalue weighted by atomic mass is 32.2. The van der Waals surface area contributed by atoms with Crippen LogP contribution < -0.4 is 5.32 Å². The van der Waals surface area contributed by atoms with Gasteiger partial charge in [0.15, 0.2) is 0 Å². The summed E-state index contributed by atoms with van der Waals surface area (Å²) < 4.78 is 31.9. The first-order valence-corrected chi connectivity index (χ1v) is 10.4. The van der Waals surface area contributed by atoms with Crippen molar-refractivity contribution in [3.8, 4) is 0 Å². The molecule has 1 saturated heterocycles. The average Bonchev–Trinajstić information content (AvgIpc) is 3.08. The first-order valence-electron chi connectivity index (χ1n) is 8.76. The third kappa shape index (κ3) is 3.88. The Morgan fingerprint density at radius 3 is 2.43 bits per heavy atom. The van der Waals surface area contributed by atoms with Crippen LogP contribution in [0.3, 0.4) is 0 Å². The van der Waals surface area contributed by atoms with E-state index in [1.54, 1.807) is 0 Å². The van der Waals surface area contributed by atoms with E-state index in [2.05, 4.69) is 5.32 Å². The molecule has 0 aromatic heterocycles. The van der Waals surface area contributed by atoms with E-state index in [1.165, 1.54) is 17.1 Å². The van der Waals surface area contributed by atoms with Crippen molar-refractivity contribution in [3.63, 3.8) is 0 Å². The SMILES string of the molecule is C[C@@H]1CN(S(=O)(=O)CCNC(=O)[C@@H]2C[C@H]3CC[C@H]2C3)C[C@H](C)O1. The minimum atomic E-state index is -3.34. The summed E-state index contributed by atoms with van der Waals surface area (Å²) in [6.07, 6.45) is 4.41. The number of morpholine rings is 1. The van der Waals surface area contributed by atoms with Crippen LogP contribution in [0.4, 0.5) is 0 Å². The maximum absolute atomic E-state index is 12.4. The smallest absolute Gasteiger partial charge is 0.223 e. The van der Waals surface area contributed by atoms with Gasteiger partial charge in [0, 0.05) is 25.6 Å². The van der Waals surface area contributed by atoms with E-state index in [-0.39, 0.29) is 36.3 Å². The van der Waals surface area contributed by atoms with Crippen LogP contribution in [0.15, 0.2) is 0 Å². The minimum absolute atomic E-state index is 0.0288. The van der Waals surface area contributed by atoms with Crippen molar-refractivity contribution in [3.05, 3.63) is 0 Å². The van der Waals surface area contributed by atoms with Gasteiger partial charge in [0.1, 0.15) is 0 Å². The van der Waals surface area contributed by atoms with Crippen LogP contribution in [0, 0.1) is 17.8 Å². The highest BCUT2D eigenvalue weighted by Crippen LogP contribution is 2.48. The number of sulfonamides is 1. The highest BCUT2D eigenvalue weighted by Gasteiger charge is 2.43. The second kappa shape index (κ2) is 6.69. The minimum Gasteiger partial charge on any atom is -0.373 e. The number of ether oxygens (including phenoxy) is 1. The molecule has 2 bridgehead atoms. The van der Waals surface area contributed by atoms with Crippen molar-refractivity contribution >= 4 is 15.9 Å². The van der Waals surface area contributed by atoms with E-state index in [0.29, 0.717) is 19.0 Å². The number of nitrogens with zero attached hydrogens (tertiary/aromatic N) is 1. The van der Waals surface area contributed by atoms with Gasteiger partial charge in [0.2, 0.25) is 15.9 Å². The number of hydrogen-bond donors (Lipinski definition) is 1. The van der Waals surface area contributed by atoms with E-state index in [4.69, 9.17) is 4.74 Å². The molecule has 7 heteroatoms. The second-order valence-electron chi connectivity index (χ2n) is 7.46. The first kappa shape index (κ1) is 17.2. The third-order valence-corrected chi connectivity index (χ3v) is 7.32. The fourth-order valence-corrected chi connectivity index (χ4v) is 5.98. The summed E-state index contributed by atoms with van der Waals surface area (Å²) in [5.74, 6) is 1.38. The zero-order valence-electron chi connectivity index (χ0n) is 14.0. The normalized spacial score (nSPS) is 37.9. The zero-order chi connectivity index (χ0) is 16.6. The van der Waals surface area contributed by atoms with E-state index >= 15 is 0 Å². The molecular formula is C16H28N2O4S. The van der Waals surface area contributed by atoms with Gasteiger partial charge in [-0.05, 0) is 44.9 Å². The molecular weight excluding hydrogens is 316 g/mol. The molecule has 2 saturated carbocycles. The van der Waals surface area contributed by atoms with Crippen LogP contribution in [0.25, 0.3) is 0 Å². The molecule has 3 aliphatic rings. The van der Waals surface area contributed by atoms with Crippen molar-refractivity contribution in [2.75, 3.05) is 25.4 Å². The summed E-state index contributed by atoms with van der Waals surface area (Å²) in [4.78, 5) is 12.3. The number of carbonyl (C=O) groups excluding carboxylic acids is 1. The summed E-state index contributed by atoms with van der Waals surface area (Å²) >= 11 is 0. The second-order valence-corrected chi connectivity index (χ2v) is 9.55. The van der Waals surface area contributed by atoms with Gasteiger partial charge in [-0.1, -0.05) is 6.42 Å². The van der Waals surface area contributed by atoms with E-state index in [9.17, 15) is 13.2 Å². The third-order valence-electron chi connectivity index (χ3n) is 5.51. The Labute approximate surface area is 139 Å². The number of amides is 1. The molecule has 132 valence electrons. The predicted octanol–water partition coefficient (Wildman–Crippen LogP) is 0.978. The van der Waals surface area contributed by atoms with Crippen LogP contribution in [0.5, 0.6) is 0 Å². The largest absolute Gasteiger partial charge is 0.373 e. The Balaban J connectivity index is 1.46. The van der Waals surface area contributed by atoms with Crippen LogP contribution in [0.1, 0.15) is 39.5 Å². The highest BCUT2D eigenvalue weighted by molar-refractivity contribution is 7.89. The fourth-order valence-electron chi connectivity index (χ4n) is 4.49. The Kier molecular flexibility index (Phi) is 4.99. The molecule has 0 unspecified atom stereocenters. The van der Waals surface area contributed by atoms with Gasteiger partial charge in [-0.15, -0.1) is 0 Å². The molecule has 5 atom stereocenters. The number of nitrogens with one attached hydrogen (secondary N) is 1. The van der Waals surface area contributed by atoms with E-state index < -0.39 is 10.0 Å². The van der Waals surface area contributed by atoms with Gasteiger partial charge < -0.3 is 10.1 Å². The molecule has 1 heterocycles. The Hall–Kier alpha value is -0.660. The van der Waals surface area contributed by atoms with Gasteiger partial charge in [-0.3, -0.25) is 4.79 Å². The maximum Gasteiger partial charge on any atom is 0.223 e. The molecule has 3 rings (SSSR count). The van der Waals surface area contributed by atoms with Crippen molar-refractivity contribution in [1.82, 2.24) is 9.62 Å². The van der Waals surface area contributed by atoms with Crippen molar-refractivity contribution in [1.29, 1.82) is 0 Å². The number of carbonyl (C=O) groups is 1. The summed E-state index contributed by atoms with van der Waals surface area (Å²) in [7, 11) is -3.34. The molecule has 1 aliphatic heterocycles. The van der Waals surface area contributed by atoms with Crippen LogP contribution in [-0.2, 0) is 19.6 Å². The lowest BCUT2D eigenvalue weighted by Crippen LogP contribution is -2.50. The van der Waals surface area contributed by atoms with Gasteiger partial charge in [0.05, 0.1) is 18.0 Å². The van der Waals surface area contributed by atoms with Gasteiger partial charge in [-0.2, -0.15) is 4.31 Å². The molecule has 1 amide bonds.